The average molecular weight is 730 g/mol. The number of hydrogen-bond donors (Lipinski definition) is 0. The maximum Gasteiger partial charge on any atom is 0.180 e. The Morgan fingerprint density at radius 1 is 0.250 bits per heavy atom. The third kappa shape index (κ3) is 5.79. The molecule has 0 aliphatic carbocycles. The van der Waals surface area contributed by atoms with E-state index in [-0.39, 0.29) is 0 Å². The number of hydrogen-bond acceptors (Lipinski definition) is 1. The van der Waals surface area contributed by atoms with Crippen LogP contribution in [0, 0.1) is 0 Å². The lowest BCUT2D eigenvalue weighted by Gasteiger charge is -2.31. The van der Waals surface area contributed by atoms with E-state index < -0.39 is 8.07 Å². The van der Waals surface area contributed by atoms with E-state index in [4.69, 9.17) is 0 Å². The molecule has 0 aromatic heterocycles. The molecule has 1 nitrogen and oxygen atoms in total. The number of nitrogens with zero attached hydrogens (tertiary/aromatic N) is 1. The van der Waals surface area contributed by atoms with Gasteiger partial charge in [-0.15, -0.1) is 0 Å². The minimum Gasteiger partial charge on any atom is -0.311 e. The monoisotopic (exact) mass is 729 g/mol. The zero-order valence-electron chi connectivity index (χ0n) is 31.0. The van der Waals surface area contributed by atoms with Gasteiger partial charge in [0.1, 0.15) is 0 Å². The van der Waals surface area contributed by atoms with Crippen molar-refractivity contribution in [1.29, 1.82) is 0 Å². The van der Waals surface area contributed by atoms with E-state index in [0.717, 1.165) is 17.1 Å². The summed E-state index contributed by atoms with van der Waals surface area (Å²) in [6, 6.07) is 86.8. The van der Waals surface area contributed by atoms with Crippen LogP contribution in [-0.2, 0) is 0 Å². The van der Waals surface area contributed by atoms with Crippen LogP contribution in [-0.4, -0.2) is 8.07 Å². The van der Waals surface area contributed by atoms with Crippen LogP contribution in [0.25, 0.3) is 44.5 Å². The summed E-state index contributed by atoms with van der Waals surface area (Å²) in [5, 5.41) is 5.75. The van der Waals surface area contributed by atoms with Crippen molar-refractivity contribution in [2.45, 2.75) is 0 Å². The summed E-state index contributed by atoms with van der Waals surface area (Å²) in [5.41, 5.74) is 13.3. The van der Waals surface area contributed by atoms with Crippen LogP contribution in [0.3, 0.4) is 0 Å². The SMILES string of the molecule is c1ccc(-c2ccc(N(c3ccc(-c4ccccc4)cc3)c3ccc(-c4ccc5c(c4)[Si](c4ccccc4)(c4ccccc4)c4ccccc4-5)cc3)cc2)cc1. The Morgan fingerprint density at radius 3 is 1.05 bits per heavy atom. The zero-order valence-corrected chi connectivity index (χ0v) is 32.0. The first-order valence-corrected chi connectivity index (χ1v) is 21.3. The summed E-state index contributed by atoms with van der Waals surface area (Å²) in [5.74, 6) is 0. The molecule has 1 heterocycles. The molecule has 0 unspecified atom stereocenters. The van der Waals surface area contributed by atoms with E-state index in [1.54, 1.807) is 0 Å². The molecule has 0 atom stereocenters. The first kappa shape index (κ1) is 33.6. The molecule has 56 heavy (non-hydrogen) atoms. The number of benzene rings is 9. The molecule has 0 saturated heterocycles. The Kier molecular flexibility index (Phi) is 8.59. The van der Waals surface area contributed by atoms with Crippen LogP contribution < -0.4 is 25.6 Å². The summed E-state index contributed by atoms with van der Waals surface area (Å²) in [7, 11) is -2.57. The summed E-state index contributed by atoms with van der Waals surface area (Å²) < 4.78 is 0. The van der Waals surface area contributed by atoms with Crippen LogP contribution in [0.2, 0.25) is 0 Å². The number of rotatable bonds is 8. The van der Waals surface area contributed by atoms with Crippen LogP contribution >= 0.6 is 0 Å². The zero-order chi connectivity index (χ0) is 37.3. The molecule has 0 saturated carbocycles. The smallest absolute Gasteiger partial charge is 0.180 e. The molecule has 9 aromatic rings. The van der Waals surface area contributed by atoms with Gasteiger partial charge < -0.3 is 4.90 Å². The molecule has 1 aliphatic heterocycles. The van der Waals surface area contributed by atoms with Crippen molar-refractivity contribution in [3.05, 3.63) is 237 Å². The second-order valence-corrected chi connectivity index (χ2v) is 18.2. The van der Waals surface area contributed by atoms with E-state index in [0.29, 0.717) is 0 Å². The fourth-order valence-electron chi connectivity index (χ4n) is 8.74. The van der Waals surface area contributed by atoms with Crippen molar-refractivity contribution in [2.75, 3.05) is 4.90 Å². The van der Waals surface area contributed by atoms with Gasteiger partial charge in [-0.1, -0.05) is 200 Å². The van der Waals surface area contributed by atoms with Crippen LogP contribution in [0.1, 0.15) is 0 Å². The van der Waals surface area contributed by atoms with Crippen molar-refractivity contribution >= 4 is 45.9 Å². The minimum atomic E-state index is -2.57. The summed E-state index contributed by atoms with van der Waals surface area (Å²) in [4.78, 5) is 2.36. The minimum absolute atomic E-state index is 1.11. The van der Waals surface area contributed by atoms with Gasteiger partial charge in [-0.3, -0.25) is 0 Å². The van der Waals surface area contributed by atoms with Gasteiger partial charge in [-0.2, -0.15) is 0 Å². The molecule has 0 amide bonds. The first-order valence-electron chi connectivity index (χ1n) is 19.3. The van der Waals surface area contributed by atoms with Gasteiger partial charge in [-0.25, -0.2) is 0 Å². The molecular weight excluding hydrogens is 691 g/mol. The molecule has 264 valence electrons. The highest BCUT2D eigenvalue weighted by Gasteiger charge is 2.48. The van der Waals surface area contributed by atoms with Gasteiger partial charge in [0.2, 0.25) is 0 Å². The van der Waals surface area contributed by atoms with Gasteiger partial charge in [0.15, 0.2) is 8.07 Å². The molecule has 0 bridgehead atoms. The molecule has 9 aromatic carbocycles. The molecule has 10 rings (SSSR count). The molecule has 0 N–H and O–H groups in total. The van der Waals surface area contributed by atoms with Gasteiger partial charge in [0, 0.05) is 17.1 Å². The van der Waals surface area contributed by atoms with E-state index in [1.807, 2.05) is 0 Å². The van der Waals surface area contributed by atoms with Crippen molar-refractivity contribution in [3.8, 4) is 44.5 Å². The molecule has 0 spiro atoms. The van der Waals surface area contributed by atoms with E-state index in [9.17, 15) is 0 Å². The van der Waals surface area contributed by atoms with Gasteiger partial charge in [0.05, 0.1) is 0 Å². The Bertz CT molecular complexity index is 2620. The Hall–Kier alpha value is -7.00. The van der Waals surface area contributed by atoms with Crippen LogP contribution in [0.4, 0.5) is 17.1 Å². The maximum atomic E-state index is 2.50. The van der Waals surface area contributed by atoms with Crippen molar-refractivity contribution in [2.24, 2.45) is 0 Å². The third-order valence-electron chi connectivity index (χ3n) is 11.4. The van der Waals surface area contributed by atoms with Crippen LogP contribution in [0.5, 0.6) is 0 Å². The normalized spacial score (nSPS) is 12.4. The molecule has 1 aliphatic rings. The van der Waals surface area contributed by atoms with E-state index in [1.165, 1.54) is 65.3 Å². The van der Waals surface area contributed by atoms with Crippen molar-refractivity contribution in [1.82, 2.24) is 0 Å². The second kappa shape index (κ2) is 14.3. The molecule has 0 fully saturated rings. The lowest BCUT2D eigenvalue weighted by Crippen LogP contribution is -2.72. The Balaban J connectivity index is 1.07. The largest absolute Gasteiger partial charge is 0.311 e. The third-order valence-corrected chi connectivity index (χ3v) is 16.2. The highest BCUT2D eigenvalue weighted by Crippen LogP contribution is 2.38. The van der Waals surface area contributed by atoms with Gasteiger partial charge in [-0.05, 0) is 102 Å². The summed E-state index contributed by atoms with van der Waals surface area (Å²) in [6.45, 7) is 0. The second-order valence-electron chi connectivity index (χ2n) is 14.5. The maximum absolute atomic E-state index is 2.57. The topological polar surface area (TPSA) is 3.24 Å². The highest BCUT2D eigenvalue weighted by atomic mass is 28.3. The van der Waals surface area contributed by atoms with E-state index >= 15 is 0 Å². The fourth-order valence-corrected chi connectivity index (χ4v) is 14.0. The van der Waals surface area contributed by atoms with Crippen molar-refractivity contribution < 1.29 is 0 Å². The van der Waals surface area contributed by atoms with E-state index in [2.05, 4.69) is 241 Å². The van der Waals surface area contributed by atoms with Gasteiger partial charge in [0.25, 0.3) is 0 Å². The van der Waals surface area contributed by atoms with Crippen molar-refractivity contribution in [3.63, 3.8) is 0 Å². The summed E-state index contributed by atoms with van der Waals surface area (Å²) >= 11 is 0. The number of fused-ring (bicyclic) bond motifs is 3. The highest BCUT2D eigenvalue weighted by molar-refractivity contribution is 7.22. The summed E-state index contributed by atoms with van der Waals surface area (Å²) in [6.07, 6.45) is 0. The fraction of sp³-hybridized carbons (Fsp3) is 0. The standard InChI is InChI=1S/C54H39NSi/c1-5-15-40(16-6-1)42-25-32-46(33-26-42)55(47-34-27-43(28-35-47)41-17-7-2-8-18-41)48-36-29-44(30-37-48)45-31-38-52-51-23-13-14-24-53(51)56(54(52)39-45,49-19-9-3-10-20-49)50-21-11-4-12-22-50/h1-39H. The lowest BCUT2D eigenvalue weighted by atomic mass is 10.00. The molecular formula is C54H39NSi. The predicted octanol–water partition coefficient (Wildman–Crippen LogP) is 11.5. The van der Waals surface area contributed by atoms with Crippen LogP contribution in [0.15, 0.2) is 237 Å². The average Bonchev–Trinajstić information content (AvgIpc) is 3.59. The quantitative estimate of drug-likeness (QED) is 0.141. The molecule has 2 heteroatoms. The first-order chi connectivity index (χ1) is 27.8. The number of anilines is 3. The van der Waals surface area contributed by atoms with Gasteiger partial charge >= 0.3 is 0 Å². The lowest BCUT2D eigenvalue weighted by molar-refractivity contribution is 1.28. The molecule has 0 radical (unpaired) electrons. The Morgan fingerprint density at radius 2 is 0.589 bits per heavy atom. The predicted molar refractivity (Wildman–Crippen MR) is 240 cm³/mol. The Labute approximate surface area is 330 Å².